The van der Waals surface area contributed by atoms with E-state index in [-0.39, 0.29) is 17.8 Å². The summed E-state index contributed by atoms with van der Waals surface area (Å²) in [6, 6.07) is 6.28. The van der Waals surface area contributed by atoms with Gasteiger partial charge in [-0.05, 0) is 31.9 Å². The molecule has 110 valence electrons. The van der Waals surface area contributed by atoms with Crippen LogP contribution in [-0.4, -0.2) is 23.3 Å². The Hall–Kier alpha value is -2.17. The molecule has 1 aromatic carbocycles. The average molecular weight is 288 g/mol. The monoisotopic (exact) mass is 288 g/mol. The summed E-state index contributed by atoms with van der Waals surface area (Å²) in [5.74, 6) is -0.503. The standard InChI is InChI=1S/C16H17FN2O2/c1-16(15(20)18-13-7-2-3-8-13)10-14(19-21-16)11-5-4-6-12(17)9-11/h2-6,9,13H,7-8,10H2,1H3,(H,18,20)/t16-/m0/s1. The van der Waals surface area contributed by atoms with Crippen molar-refractivity contribution in [3.05, 3.63) is 47.8 Å². The Morgan fingerprint density at radius 2 is 2.19 bits per heavy atom. The summed E-state index contributed by atoms with van der Waals surface area (Å²) in [6.45, 7) is 1.71. The maximum atomic E-state index is 13.3. The molecule has 1 atom stereocenters. The van der Waals surface area contributed by atoms with Gasteiger partial charge in [-0.1, -0.05) is 29.4 Å². The van der Waals surface area contributed by atoms with Gasteiger partial charge in [0.2, 0.25) is 5.60 Å². The third-order valence-corrected chi connectivity index (χ3v) is 3.84. The lowest BCUT2D eigenvalue weighted by atomic mass is 9.94. The quantitative estimate of drug-likeness (QED) is 0.869. The van der Waals surface area contributed by atoms with E-state index in [1.54, 1.807) is 19.1 Å². The van der Waals surface area contributed by atoms with Gasteiger partial charge in [-0.15, -0.1) is 0 Å². The molecule has 1 aromatic rings. The zero-order valence-electron chi connectivity index (χ0n) is 11.8. The predicted octanol–water partition coefficient (Wildman–Crippen LogP) is 2.54. The molecule has 0 aromatic heterocycles. The Morgan fingerprint density at radius 1 is 1.43 bits per heavy atom. The van der Waals surface area contributed by atoms with Crippen molar-refractivity contribution in [2.75, 3.05) is 0 Å². The molecule has 0 fully saturated rings. The average Bonchev–Trinajstić information content (AvgIpc) is 3.09. The largest absolute Gasteiger partial charge is 0.379 e. The van der Waals surface area contributed by atoms with E-state index in [9.17, 15) is 9.18 Å². The molecule has 1 amide bonds. The Labute approximate surface area is 122 Å². The van der Waals surface area contributed by atoms with Gasteiger partial charge in [0.05, 0.1) is 5.71 Å². The molecular formula is C16H17FN2O2. The molecule has 4 nitrogen and oxygen atoms in total. The molecule has 2 aliphatic rings. The first-order chi connectivity index (χ1) is 10.1. The highest BCUT2D eigenvalue weighted by molar-refractivity contribution is 6.05. The van der Waals surface area contributed by atoms with Gasteiger partial charge in [0.15, 0.2) is 0 Å². The summed E-state index contributed by atoms with van der Waals surface area (Å²) in [5, 5.41) is 6.94. The molecule has 0 bridgehead atoms. The lowest BCUT2D eigenvalue weighted by molar-refractivity contribution is -0.142. The summed E-state index contributed by atoms with van der Waals surface area (Å²) < 4.78 is 13.3. The van der Waals surface area contributed by atoms with Gasteiger partial charge < -0.3 is 10.2 Å². The highest BCUT2D eigenvalue weighted by Gasteiger charge is 2.42. The van der Waals surface area contributed by atoms with Crippen LogP contribution in [0.3, 0.4) is 0 Å². The second-order valence-electron chi connectivity index (χ2n) is 5.66. The van der Waals surface area contributed by atoms with Crippen molar-refractivity contribution in [3.63, 3.8) is 0 Å². The highest BCUT2D eigenvalue weighted by Crippen LogP contribution is 2.27. The van der Waals surface area contributed by atoms with E-state index in [1.165, 1.54) is 12.1 Å². The number of oxime groups is 1. The minimum atomic E-state index is -1.02. The lowest BCUT2D eigenvalue weighted by Crippen LogP contribution is -2.48. The van der Waals surface area contributed by atoms with Gasteiger partial charge in [0.1, 0.15) is 5.82 Å². The number of benzene rings is 1. The third-order valence-electron chi connectivity index (χ3n) is 3.84. The summed E-state index contributed by atoms with van der Waals surface area (Å²) in [6.07, 6.45) is 6.14. The van der Waals surface area contributed by atoms with Crippen molar-refractivity contribution >= 4 is 11.6 Å². The van der Waals surface area contributed by atoms with Crippen LogP contribution in [0.4, 0.5) is 4.39 Å². The number of amides is 1. The van der Waals surface area contributed by atoms with Gasteiger partial charge in [0, 0.05) is 18.0 Å². The fourth-order valence-electron chi connectivity index (χ4n) is 2.56. The maximum absolute atomic E-state index is 13.3. The van der Waals surface area contributed by atoms with E-state index in [4.69, 9.17) is 4.84 Å². The van der Waals surface area contributed by atoms with Crippen LogP contribution in [0, 0.1) is 5.82 Å². The molecule has 1 heterocycles. The van der Waals surface area contributed by atoms with Crippen molar-refractivity contribution in [3.8, 4) is 0 Å². The number of nitrogens with zero attached hydrogens (tertiary/aromatic N) is 1. The van der Waals surface area contributed by atoms with E-state index >= 15 is 0 Å². The van der Waals surface area contributed by atoms with Crippen LogP contribution in [0.15, 0.2) is 41.6 Å². The fraction of sp³-hybridized carbons (Fsp3) is 0.375. The van der Waals surface area contributed by atoms with Crippen LogP contribution in [0.2, 0.25) is 0 Å². The van der Waals surface area contributed by atoms with Crippen molar-refractivity contribution in [1.82, 2.24) is 5.32 Å². The molecule has 0 radical (unpaired) electrons. The van der Waals surface area contributed by atoms with Crippen LogP contribution in [-0.2, 0) is 9.63 Å². The second kappa shape index (κ2) is 5.31. The van der Waals surface area contributed by atoms with Gasteiger partial charge in [-0.25, -0.2) is 4.39 Å². The van der Waals surface area contributed by atoms with E-state index in [0.717, 1.165) is 12.8 Å². The molecule has 0 saturated carbocycles. The molecular weight excluding hydrogens is 271 g/mol. The van der Waals surface area contributed by atoms with E-state index in [2.05, 4.69) is 22.6 Å². The molecule has 5 heteroatoms. The van der Waals surface area contributed by atoms with Crippen LogP contribution in [0.1, 0.15) is 31.7 Å². The summed E-state index contributed by atoms with van der Waals surface area (Å²) >= 11 is 0. The van der Waals surface area contributed by atoms with Crippen LogP contribution in [0.5, 0.6) is 0 Å². The number of carbonyl (C=O) groups excluding carboxylic acids is 1. The van der Waals surface area contributed by atoms with E-state index in [1.807, 2.05) is 0 Å². The van der Waals surface area contributed by atoms with E-state index in [0.29, 0.717) is 17.7 Å². The number of carbonyl (C=O) groups is 1. The van der Waals surface area contributed by atoms with Crippen LogP contribution < -0.4 is 5.32 Å². The summed E-state index contributed by atoms with van der Waals surface area (Å²) in [5.41, 5.74) is 0.218. The first-order valence-corrected chi connectivity index (χ1v) is 7.04. The van der Waals surface area contributed by atoms with Crippen molar-refractivity contribution < 1.29 is 14.0 Å². The van der Waals surface area contributed by atoms with Crippen molar-refractivity contribution in [2.24, 2.45) is 5.16 Å². The molecule has 1 aliphatic heterocycles. The number of hydrogen-bond acceptors (Lipinski definition) is 3. The fourth-order valence-corrected chi connectivity index (χ4v) is 2.56. The maximum Gasteiger partial charge on any atom is 0.267 e. The predicted molar refractivity (Wildman–Crippen MR) is 77.3 cm³/mol. The SMILES string of the molecule is C[C@@]1(C(=O)NC2CC=CC2)CC(c2cccc(F)c2)=NO1. The molecule has 0 saturated heterocycles. The molecule has 1 aliphatic carbocycles. The minimum absolute atomic E-state index is 0.135. The third kappa shape index (κ3) is 2.82. The van der Waals surface area contributed by atoms with Crippen molar-refractivity contribution in [1.29, 1.82) is 0 Å². The zero-order valence-corrected chi connectivity index (χ0v) is 11.8. The van der Waals surface area contributed by atoms with E-state index < -0.39 is 5.60 Å². The molecule has 0 unspecified atom stereocenters. The number of rotatable bonds is 3. The number of halogens is 1. The first-order valence-electron chi connectivity index (χ1n) is 7.04. The van der Waals surface area contributed by atoms with Gasteiger partial charge >= 0.3 is 0 Å². The Balaban J connectivity index is 1.67. The second-order valence-corrected chi connectivity index (χ2v) is 5.66. The van der Waals surface area contributed by atoms with Crippen molar-refractivity contribution in [2.45, 2.75) is 37.8 Å². The Morgan fingerprint density at radius 3 is 2.90 bits per heavy atom. The topological polar surface area (TPSA) is 50.7 Å². The van der Waals surface area contributed by atoms with Crippen LogP contribution in [0.25, 0.3) is 0 Å². The molecule has 0 spiro atoms. The van der Waals surface area contributed by atoms with Crippen LogP contribution >= 0.6 is 0 Å². The molecule has 1 N–H and O–H groups in total. The number of hydrogen-bond donors (Lipinski definition) is 1. The molecule has 3 rings (SSSR count). The minimum Gasteiger partial charge on any atom is -0.379 e. The zero-order chi connectivity index (χ0) is 14.9. The van der Waals surface area contributed by atoms with Gasteiger partial charge in [-0.2, -0.15) is 0 Å². The summed E-state index contributed by atoms with van der Waals surface area (Å²) in [7, 11) is 0. The van der Waals surface area contributed by atoms with Gasteiger partial charge in [0.25, 0.3) is 5.91 Å². The van der Waals surface area contributed by atoms with Gasteiger partial charge in [-0.3, -0.25) is 4.79 Å². The summed E-state index contributed by atoms with van der Waals surface area (Å²) in [4.78, 5) is 17.7. The highest BCUT2D eigenvalue weighted by atomic mass is 19.1. The number of nitrogens with one attached hydrogen (secondary N) is 1. The lowest BCUT2D eigenvalue weighted by Gasteiger charge is -2.23. The first kappa shape index (κ1) is 13.8. The molecule has 21 heavy (non-hydrogen) atoms. The Kier molecular flexibility index (Phi) is 3.49. The Bertz CT molecular complexity index is 618. The normalized spacial score (nSPS) is 24.8. The smallest absolute Gasteiger partial charge is 0.267 e.